The Balaban J connectivity index is 1.91. The van der Waals surface area contributed by atoms with Crippen LogP contribution in [-0.2, 0) is 4.79 Å². The summed E-state index contributed by atoms with van der Waals surface area (Å²) in [7, 11) is -3.20. The Morgan fingerprint density at radius 3 is 1.76 bits per heavy atom. The standard InChI is InChI=1S/C31H25O6P/c1-21-20-27(33)36-28-25(21)18-19-26(32)29(28)37-31(2,30(34)35)38(22-12-6-3-7-13-22,23-14-8-4-9-15-23)24-16-10-5-11-17-24/h3-20H,1-2H3,(H-,32,33,34,35). The van der Waals surface area contributed by atoms with Crippen LogP contribution in [0.3, 0.4) is 0 Å². The van der Waals surface area contributed by atoms with E-state index in [0.29, 0.717) is 10.9 Å². The molecule has 5 rings (SSSR count). The summed E-state index contributed by atoms with van der Waals surface area (Å²) in [6, 6.07) is 32.3. The number of hydrogen-bond donors (Lipinski definition) is 1. The van der Waals surface area contributed by atoms with Gasteiger partial charge in [-0.15, -0.1) is 0 Å². The molecule has 0 radical (unpaired) electrons. The maximum absolute atomic E-state index is 13.5. The molecule has 190 valence electrons. The normalized spacial score (nSPS) is 13.1. The smallest absolute Gasteiger partial charge is 0.389 e. The van der Waals surface area contributed by atoms with Crippen LogP contribution in [0.4, 0.5) is 0 Å². The van der Waals surface area contributed by atoms with Crippen LogP contribution in [-0.4, -0.2) is 16.4 Å². The average molecular weight is 525 g/mol. The van der Waals surface area contributed by atoms with Crippen LogP contribution in [0.25, 0.3) is 11.0 Å². The van der Waals surface area contributed by atoms with Gasteiger partial charge in [0, 0.05) is 18.4 Å². The number of benzene rings is 4. The lowest BCUT2D eigenvalue weighted by Gasteiger charge is -2.39. The van der Waals surface area contributed by atoms with Crippen molar-refractivity contribution >= 4 is 40.1 Å². The molecule has 0 aliphatic carbocycles. The maximum Gasteiger partial charge on any atom is 0.389 e. The van der Waals surface area contributed by atoms with Gasteiger partial charge in [0.25, 0.3) is 0 Å². The van der Waals surface area contributed by atoms with Crippen LogP contribution >= 0.6 is 7.26 Å². The third-order valence-electron chi connectivity index (χ3n) is 6.81. The Kier molecular flexibility index (Phi) is 6.52. The van der Waals surface area contributed by atoms with Crippen LogP contribution < -0.4 is 31.4 Å². The van der Waals surface area contributed by atoms with E-state index in [9.17, 15) is 19.8 Å². The van der Waals surface area contributed by atoms with Crippen LogP contribution in [0, 0.1) is 6.92 Å². The van der Waals surface area contributed by atoms with Gasteiger partial charge in [0.1, 0.15) is 15.9 Å². The summed E-state index contributed by atoms with van der Waals surface area (Å²) >= 11 is 0. The summed E-state index contributed by atoms with van der Waals surface area (Å²) in [4.78, 5) is 25.8. The fourth-order valence-corrected chi connectivity index (χ4v) is 9.78. The molecule has 1 heterocycles. The van der Waals surface area contributed by atoms with Gasteiger partial charge in [0.2, 0.25) is 0 Å². The second kappa shape index (κ2) is 9.81. The molecular formula is C31H25O6P. The highest BCUT2D eigenvalue weighted by Crippen LogP contribution is 2.66. The summed E-state index contributed by atoms with van der Waals surface area (Å²) in [5, 5.41) is 25.0. The number of carbonyl (C=O) groups is 1. The van der Waals surface area contributed by atoms with Crippen molar-refractivity contribution in [2.24, 2.45) is 0 Å². The molecule has 6 nitrogen and oxygen atoms in total. The molecule has 1 unspecified atom stereocenters. The highest BCUT2D eigenvalue weighted by molar-refractivity contribution is 7.97. The molecule has 0 fully saturated rings. The minimum atomic E-state index is -3.20. The monoisotopic (exact) mass is 524 g/mol. The summed E-state index contributed by atoms with van der Waals surface area (Å²) in [6.07, 6.45) is 0. The third kappa shape index (κ3) is 3.94. The first-order chi connectivity index (χ1) is 18.3. The molecule has 0 aliphatic rings. The predicted molar refractivity (Wildman–Crippen MR) is 148 cm³/mol. The maximum atomic E-state index is 13.5. The zero-order chi connectivity index (χ0) is 26.9. The van der Waals surface area contributed by atoms with Crippen LogP contribution in [0.15, 0.2) is 118 Å². The molecule has 0 saturated carbocycles. The van der Waals surface area contributed by atoms with Gasteiger partial charge in [-0.05, 0) is 48.9 Å². The van der Waals surface area contributed by atoms with Gasteiger partial charge < -0.3 is 19.4 Å². The highest BCUT2D eigenvalue weighted by atomic mass is 31.2. The Hall–Kier alpha value is -4.41. The van der Waals surface area contributed by atoms with E-state index in [1.54, 1.807) is 13.0 Å². The lowest BCUT2D eigenvalue weighted by atomic mass is 10.1. The van der Waals surface area contributed by atoms with Gasteiger partial charge in [-0.2, -0.15) is 0 Å². The molecule has 0 aliphatic heterocycles. The third-order valence-corrected chi connectivity index (χ3v) is 11.6. The van der Waals surface area contributed by atoms with Gasteiger partial charge in [-0.3, -0.25) is 0 Å². The number of fused-ring (bicyclic) bond motifs is 1. The first-order valence-electron chi connectivity index (χ1n) is 12.0. The van der Waals surface area contributed by atoms with Crippen molar-refractivity contribution in [1.29, 1.82) is 0 Å². The topological polar surface area (TPSA) is 99.8 Å². The molecule has 1 N–H and O–H groups in total. The van der Waals surface area contributed by atoms with Gasteiger partial charge in [0.05, 0.1) is 0 Å². The lowest BCUT2D eigenvalue weighted by Crippen LogP contribution is -2.54. The number of rotatable bonds is 7. The largest absolute Gasteiger partial charge is 0.870 e. The Morgan fingerprint density at radius 2 is 1.32 bits per heavy atom. The van der Waals surface area contributed by atoms with Crippen molar-refractivity contribution in [2.75, 3.05) is 0 Å². The average Bonchev–Trinajstić information content (AvgIpc) is 2.92. The van der Waals surface area contributed by atoms with Gasteiger partial charge in [-0.1, -0.05) is 72.5 Å². The molecule has 0 amide bonds. The van der Waals surface area contributed by atoms with Gasteiger partial charge in [-0.25, -0.2) is 9.59 Å². The first kappa shape index (κ1) is 25.2. The number of aliphatic carboxylic acids is 1. The molecule has 7 heteroatoms. The SMILES string of the molecule is Cc1cc(=O)oc2c(OC(C)(C(=O)O)[P+](c3ccccc3)(c3ccccc3)c3ccccc3)c([O-])ccc12. The molecule has 0 spiro atoms. The molecule has 38 heavy (non-hydrogen) atoms. The van der Waals surface area contributed by atoms with Crippen molar-refractivity contribution in [3.63, 3.8) is 0 Å². The molecule has 4 aromatic carbocycles. The zero-order valence-corrected chi connectivity index (χ0v) is 21.7. The number of carboxylic acid groups (broad SMARTS) is 1. The van der Waals surface area contributed by atoms with Crippen LogP contribution in [0.5, 0.6) is 11.5 Å². The quantitative estimate of drug-likeness (QED) is 0.251. The van der Waals surface area contributed by atoms with E-state index in [0.717, 1.165) is 15.9 Å². The Morgan fingerprint density at radius 1 is 0.842 bits per heavy atom. The molecule has 0 bridgehead atoms. The van der Waals surface area contributed by atoms with Crippen LogP contribution in [0.1, 0.15) is 12.5 Å². The summed E-state index contributed by atoms with van der Waals surface area (Å²) in [6.45, 7) is 3.22. The van der Waals surface area contributed by atoms with Gasteiger partial charge >= 0.3 is 16.9 Å². The summed E-state index contributed by atoms with van der Waals surface area (Å²) in [5.41, 5.74) is -0.131. The van der Waals surface area contributed by atoms with Crippen molar-refractivity contribution in [3.05, 3.63) is 125 Å². The molecule has 1 aromatic heterocycles. The fourth-order valence-electron chi connectivity index (χ4n) is 5.03. The number of ether oxygens (including phenoxy) is 1. The van der Waals surface area contributed by atoms with E-state index in [1.807, 2.05) is 91.0 Å². The number of carboxylic acids is 1. The van der Waals surface area contributed by atoms with E-state index >= 15 is 0 Å². The minimum absolute atomic E-state index is 0.0674. The van der Waals surface area contributed by atoms with E-state index in [2.05, 4.69) is 0 Å². The minimum Gasteiger partial charge on any atom is -0.870 e. The predicted octanol–water partition coefficient (Wildman–Crippen LogP) is 4.35. The number of hydrogen-bond acceptors (Lipinski definition) is 5. The first-order valence-corrected chi connectivity index (χ1v) is 13.8. The fraction of sp³-hybridized carbons (Fsp3) is 0.0968. The molecule has 0 saturated heterocycles. The van der Waals surface area contributed by atoms with Crippen molar-refractivity contribution in [3.8, 4) is 11.5 Å². The molecule has 5 aromatic rings. The van der Waals surface area contributed by atoms with Crippen molar-refractivity contribution in [2.45, 2.75) is 19.2 Å². The van der Waals surface area contributed by atoms with Crippen molar-refractivity contribution < 1.29 is 24.2 Å². The van der Waals surface area contributed by atoms with Gasteiger partial charge in [0.15, 0.2) is 18.6 Å². The highest BCUT2D eigenvalue weighted by Gasteiger charge is 2.67. The lowest BCUT2D eigenvalue weighted by molar-refractivity contribution is -0.270. The summed E-state index contributed by atoms with van der Waals surface area (Å²) < 4.78 is 11.9. The van der Waals surface area contributed by atoms with E-state index < -0.39 is 29.9 Å². The van der Waals surface area contributed by atoms with E-state index in [-0.39, 0.29) is 11.3 Å². The Bertz CT molecular complexity index is 1570. The van der Waals surface area contributed by atoms with E-state index in [4.69, 9.17) is 9.15 Å². The zero-order valence-electron chi connectivity index (χ0n) is 20.8. The second-order valence-corrected chi connectivity index (χ2v) is 12.8. The van der Waals surface area contributed by atoms with Crippen LogP contribution in [0.2, 0.25) is 0 Å². The molecule has 1 atom stereocenters. The van der Waals surface area contributed by atoms with E-state index in [1.165, 1.54) is 19.1 Å². The number of aryl methyl sites for hydroxylation is 1. The second-order valence-electron chi connectivity index (χ2n) is 9.09. The van der Waals surface area contributed by atoms with Crippen molar-refractivity contribution in [1.82, 2.24) is 0 Å². The Labute approximate surface area is 220 Å². The molecular weight excluding hydrogens is 499 g/mol. The summed E-state index contributed by atoms with van der Waals surface area (Å²) in [5.74, 6) is -2.14.